The summed E-state index contributed by atoms with van der Waals surface area (Å²) < 4.78 is 0. The van der Waals surface area contributed by atoms with Crippen molar-refractivity contribution in [3.63, 3.8) is 0 Å². The third-order valence-corrected chi connectivity index (χ3v) is 5.43. The normalized spacial score (nSPS) is 34.6. The summed E-state index contributed by atoms with van der Waals surface area (Å²) in [5.41, 5.74) is 0. The van der Waals surface area contributed by atoms with Crippen LogP contribution in [0.5, 0.6) is 0 Å². The zero-order valence-electron chi connectivity index (χ0n) is 12.6. The molecule has 0 unspecified atom stereocenters. The lowest BCUT2D eigenvalue weighted by molar-refractivity contribution is 0.157. The van der Waals surface area contributed by atoms with E-state index >= 15 is 0 Å². The molecule has 3 heterocycles. The smallest absolute Gasteiger partial charge is 0.0249 e. The number of hydrogen-bond donors (Lipinski definition) is 1. The predicted molar refractivity (Wildman–Crippen MR) is 80.5 cm³/mol. The standard InChI is InChI=1S/C16H31N3/c1-2-9-18-11-6-14(7-12-18)17-15-8-13-19-10-4-3-5-16(15)19/h14-17H,2-13H2,1H3/t15-,16-/m0/s1. The minimum absolute atomic E-state index is 0.792. The molecule has 3 aliphatic heterocycles. The Labute approximate surface area is 118 Å². The molecule has 1 N–H and O–H groups in total. The van der Waals surface area contributed by atoms with Crippen LogP contribution >= 0.6 is 0 Å². The molecule has 0 saturated carbocycles. The lowest BCUT2D eigenvalue weighted by Gasteiger charge is -2.37. The van der Waals surface area contributed by atoms with E-state index in [1.807, 2.05) is 0 Å². The van der Waals surface area contributed by atoms with Crippen LogP contribution < -0.4 is 5.32 Å². The number of nitrogens with zero attached hydrogens (tertiary/aromatic N) is 2. The Hall–Kier alpha value is -0.120. The van der Waals surface area contributed by atoms with E-state index < -0.39 is 0 Å². The molecule has 3 fully saturated rings. The fourth-order valence-electron chi connectivity index (χ4n) is 4.38. The van der Waals surface area contributed by atoms with Crippen LogP contribution in [-0.4, -0.2) is 60.6 Å². The van der Waals surface area contributed by atoms with Crippen LogP contribution in [0.2, 0.25) is 0 Å². The fraction of sp³-hybridized carbons (Fsp3) is 1.00. The highest BCUT2D eigenvalue weighted by Gasteiger charge is 2.36. The molecule has 0 bridgehead atoms. The second kappa shape index (κ2) is 6.55. The summed E-state index contributed by atoms with van der Waals surface area (Å²) in [4.78, 5) is 5.38. The summed E-state index contributed by atoms with van der Waals surface area (Å²) >= 11 is 0. The highest BCUT2D eigenvalue weighted by molar-refractivity contribution is 4.95. The van der Waals surface area contributed by atoms with Crippen molar-refractivity contribution in [2.45, 2.75) is 70.0 Å². The Morgan fingerprint density at radius 2 is 1.79 bits per heavy atom. The summed E-state index contributed by atoms with van der Waals surface area (Å²) in [5.74, 6) is 0. The van der Waals surface area contributed by atoms with Crippen molar-refractivity contribution < 1.29 is 0 Å². The van der Waals surface area contributed by atoms with E-state index in [-0.39, 0.29) is 0 Å². The van der Waals surface area contributed by atoms with Crippen LogP contribution in [-0.2, 0) is 0 Å². The second-order valence-corrected chi connectivity index (χ2v) is 6.78. The molecule has 2 atom stereocenters. The zero-order valence-corrected chi connectivity index (χ0v) is 12.6. The Kier molecular flexibility index (Phi) is 4.78. The zero-order chi connectivity index (χ0) is 13.1. The van der Waals surface area contributed by atoms with Crippen molar-refractivity contribution in [1.29, 1.82) is 0 Å². The van der Waals surface area contributed by atoms with E-state index in [2.05, 4.69) is 22.0 Å². The highest BCUT2D eigenvalue weighted by atomic mass is 15.2. The molecule has 0 spiro atoms. The van der Waals surface area contributed by atoms with Crippen LogP contribution in [0.15, 0.2) is 0 Å². The number of piperidine rings is 2. The summed E-state index contributed by atoms with van der Waals surface area (Å²) in [6, 6.07) is 2.45. The predicted octanol–water partition coefficient (Wildman–Crippen LogP) is 2.08. The summed E-state index contributed by atoms with van der Waals surface area (Å²) in [5, 5.41) is 4.01. The van der Waals surface area contributed by atoms with Gasteiger partial charge >= 0.3 is 0 Å². The molecule has 3 heteroatoms. The summed E-state index contributed by atoms with van der Waals surface area (Å²) in [7, 11) is 0. The molecule has 110 valence electrons. The van der Waals surface area contributed by atoms with Gasteiger partial charge in [0, 0.05) is 24.7 Å². The van der Waals surface area contributed by atoms with Gasteiger partial charge in [0.2, 0.25) is 0 Å². The van der Waals surface area contributed by atoms with E-state index in [0.717, 1.165) is 18.1 Å². The molecular weight excluding hydrogens is 234 g/mol. The highest BCUT2D eigenvalue weighted by Crippen LogP contribution is 2.28. The van der Waals surface area contributed by atoms with Gasteiger partial charge < -0.3 is 10.2 Å². The van der Waals surface area contributed by atoms with Gasteiger partial charge in [-0.1, -0.05) is 13.3 Å². The first-order valence-corrected chi connectivity index (χ1v) is 8.59. The van der Waals surface area contributed by atoms with Crippen molar-refractivity contribution in [3.05, 3.63) is 0 Å². The molecule has 0 aromatic carbocycles. The van der Waals surface area contributed by atoms with Gasteiger partial charge in [-0.25, -0.2) is 0 Å². The largest absolute Gasteiger partial charge is 0.310 e. The molecule has 0 aliphatic carbocycles. The summed E-state index contributed by atoms with van der Waals surface area (Å²) in [6.07, 6.45) is 9.74. The Balaban J connectivity index is 1.45. The average Bonchev–Trinajstić information content (AvgIpc) is 2.85. The number of rotatable bonds is 4. The van der Waals surface area contributed by atoms with Crippen LogP contribution in [0.25, 0.3) is 0 Å². The minimum atomic E-state index is 0.792. The number of nitrogens with one attached hydrogen (secondary N) is 1. The topological polar surface area (TPSA) is 18.5 Å². The average molecular weight is 265 g/mol. The van der Waals surface area contributed by atoms with Gasteiger partial charge in [0.25, 0.3) is 0 Å². The number of fused-ring (bicyclic) bond motifs is 1. The maximum atomic E-state index is 4.01. The van der Waals surface area contributed by atoms with Crippen LogP contribution in [0, 0.1) is 0 Å². The first-order valence-electron chi connectivity index (χ1n) is 8.59. The monoisotopic (exact) mass is 265 g/mol. The van der Waals surface area contributed by atoms with Crippen molar-refractivity contribution >= 4 is 0 Å². The van der Waals surface area contributed by atoms with Gasteiger partial charge in [0.15, 0.2) is 0 Å². The van der Waals surface area contributed by atoms with Gasteiger partial charge in [-0.2, -0.15) is 0 Å². The fourth-order valence-corrected chi connectivity index (χ4v) is 4.38. The number of likely N-dealkylation sites (tertiary alicyclic amines) is 1. The van der Waals surface area contributed by atoms with E-state index in [4.69, 9.17) is 0 Å². The Morgan fingerprint density at radius 3 is 2.58 bits per heavy atom. The SMILES string of the molecule is CCCN1CCC(N[C@H]2CCN3CCCC[C@@H]23)CC1. The quantitative estimate of drug-likeness (QED) is 0.839. The van der Waals surface area contributed by atoms with E-state index in [9.17, 15) is 0 Å². The molecule has 3 nitrogen and oxygen atoms in total. The van der Waals surface area contributed by atoms with Crippen LogP contribution in [0.4, 0.5) is 0 Å². The molecule has 3 aliphatic rings. The molecule has 0 aromatic heterocycles. The first kappa shape index (κ1) is 13.8. The van der Waals surface area contributed by atoms with E-state index in [1.165, 1.54) is 77.7 Å². The molecular formula is C16H31N3. The van der Waals surface area contributed by atoms with Gasteiger partial charge in [-0.3, -0.25) is 4.90 Å². The van der Waals surface area contributed by atoms with Gasteiger partial charge in [-0.05, 0) is 64.7 Å². The lowest BCUT2D eigenvalue weighted by Crippen LogP contribution is -2.51. The van der Waals surface area contributed by atoms with Crippen molar-refractivity contribution in [2.75, 3.05) is 32.7 Å². The molecule has 19 heavy (non-hydrogen) atoms. The molecule has 0 aromatic rings. The van der Waals surface area contributed by atoms with Gasteiger partial charge in [-0.15, -0.1) is 0 Å². The molecule has 3 saturated heterocycles. The van der Waals surface area contributed by atoms with Crippen molar-refractivity contribution in [1.82, 2.24) is 15.1 Å². The van der Waals surface area contributed by atoms with E-state index in [1.54, 1.807) is 0 Å². The maximum Gasteiger partial charge on any atom is 0.0249 e. The summed E-state index contributed by atoms with van der Waals surface area (Å²) in [6.45, 7) is 8.92. The minimum Gasteiger partial charge on any atom is -0.310 e. The van der Waals surface area contributed by atoms with Crippen molar-refractivity contribution in [3.8, 4) is 0 Å². The molecule has 3 rings (SSSR count). The lowest BCUT2D eigenvalue weighted by atomic mass is 9.96. The maximum absolute atomic E-state index is 4.01. The third kappa shape index (κ3) is 3.32. The first-order chi connectivity index (χ1) is 9.36. The van der Waals surface area contributed by atoms with Crippen LogP contribution in [0.1, 0.15) is 51.9 Å². The Bertz CT molecular complexity index is 273. The third-order valence-electron chi connectivity index (χ3n) is 5.43. The van der Waals surface area contributed by atoms with Crippen LogP contribution in [0.3, 0.4) is 0 Å². The van der Waals surface area contributed by atoms with Crippen molar-refractivity contribution in [2.24, 2.45) is 0 Å². The molecule has 0 radical (unpaired) electrons. The number of hydrogen-bond acceptors (Lipinski definition) is 3. The Morgan fingerprint density at radius 1 is 0.947 bits per heavy atom. The molecule has 0 amide bonds. The van der Waals surface area contributed by atoms with Gasteiger partial charge in [0.05, 0.1) is 0 Å². The van der Waals surface area contributed by atoms with Gasteiger partial charge in [0.1, 0.15) is 0 Å². The van der Waals surface area contributed by atoms with E-state index in [0.29, 0.717) is 0 Å². The second-order valence-electron chi connectivity index (χ2n) is 6.78.